The third-order valence-electron chi connectivity index (χ3n) is 4.04. The molecule has 0 radical (unpaired) electrons. The monoisotopic (exact) mass is 416 g/mol. The summed E-state index contributed by atoms with van der Waals surface area (Å²) < 4.78 is 5.05. The van der Waals surface area contributed by atoms with Crippen molar-refractivity contribution in [2.24, 2.45) is 0 Å². The molecule has 0 saturated carbocycles. The van der Waals surface area contributed by atoms with Crippen molar-refractivity contribution in [2.75, 3.05) is 20.2 Å². The van der Waals surface area contributed by atoms with Crippen LogP contribution in [0.4, 0.5) is 4.79 Å². The van der Waals surface area contributed by atoms with Gasteiger partial charge in [0.05, 0.1) is 12.0 Å². The fourth-order valence-electron chi connectivity index (χ4n) is 2.55. The highest BCUT2D eigenvalue weighted by molar-refractivity contribution is 8.18. The molecule has 0 aromatic heterocycles. The van der Waals surface area contributed by atoms with Crippen LogP contribution in [0.5, 0.6) is 5.75 Å². The van der Waals surface area contributed by atoms with Gasteiger partial charge in [0.1, 0.15) is 5.75 Å². The van der Waals surface area contributed by atoms with Crippen LogP contribution in [-0.2, 0) is 4.79 Å². The predicted molar refractivity (Wildman–Crippen MR) is 109 cm³/mol. The highest BCUT2D eigenvalue weighted by atomic mass is 35.5. The Morgan fingerprint density at radius 2 is 1.89 bits per heavy atom. The molecule has 3 amide bonds. The van der Waals surface area contributed by atoms with E-state index in [0.29, 0.717) is 26.8 Å². The third-order valence-corrected chi connectivity index (χ3v) is 5.29. The number of halogens is 1. The summed E-state index contributed by atoms with van der Waals surface area (Å²) in [5, 5.41) is 2.83. The minimum absolute atomic E-state index is 0.0897. The summed E-state index contributed by atoms with van der Waals surface area (Å²) in [5.41, 5.74) is 1.14. The number of methoxy groups -OCH3 is 1. The maximum atomic E-state index is 12.5. The second kappa shape index (κ2) is 8.95. The molecule has 1 heterocycles. The van der Waals surface area contributed by atoms with Gasteiger partial charge in [-0.05, 0) is 53.7 Å². The van der Waals surface area contributed by atoms with Crippen LogP contribution in [-0.4, -0.2) is 42.2 Å². The number of rotatable bonds is 6. The van der Waals surface area contributed by atoms with Crippen LogP contribution < -0.4 is 10.1 Å². The summed E-state index contributed by atoms with van der Waals surface area (Å²) >= 11 is 6.96. The summed E-state index contributed by atoms with van der Waals surface area (Å²) in [6.07, 6.45) is 1.60. The van der Waals surface area contributed by atoms with E-state index in [1.54, 1.807) is 61.7 Å². The molecule has 8 heteroatoms. The molecule has 3 rings (SSSR count). The van der Waals surface area contributed by atoms with Crippen LogP contribution in [0.1, 0.15) is 15.9 Å². The quantitative estimate of drug-likeness (QED) is 0.724. The van der Waals surface area contributed by atoms with Crippen molar-refractivity contribution in [3.8, 4) is 5.75 Å². The Morgan fingerprint density at radius 1 is 1.18 bits per heavy atom. The first kappa shape index (κ1) is 20.0. The van der Waals surface area contributed by atoms with Crippen LogP contribution in [0.15, 0.2) is 53.4 Å². The Bertz CT molecular complexity index is 943. The number of thioether (sulfide) groups is 1. The lowest BCUT2D eigenvalue weighted by Gasteiger charge is -2.13. The van der Waals surface area contributed by atoms with Crippen molar-refractivity contribution >= 4 is 46.5 Å². The highest BCUT2D eigenvalue weighted by Gasteiger charge is 2.34. The Morgan fingerprint density at radius 3 is 2.57 bits per heavy atom. The van der Waals surface area contributed by atoms with Crippen molar-refractivity contribution in [1.82, 2.24) is 10.2 Å². The van der Waals surface area contributed by atoms with Gasteiger partial charge in [0, 0.05) is 23.7 Å². The largest absolute Gasteiger partial charge is 0.497 e. The smallest absolute Gasteiger partial charge is 0.293 e. The number of ether oxygens (including phenoxy) is 1. The molecule has 0 atom stereocenters. The lowest BCUT2D eigenvalue weighted by Crippen LogP contribution is -2.37. The molecule has 0 spiro atoms. The number of amides is 3. The number of nitrogens with zero attached hydrogens (tertiary/aromatic N) is 1. The van der Waals surface area contributed by atoms with E-state index in [1.807, 2.05) is 0 Å². The van der Waals surface area contributed by atoms with E-state index in [9.17, 15) is 14.4 Å². The topological polar surface area (TPSA) is 75.7 Å². The van der Waals surface area contributed by atoms with Gasteiger partial charge in [0.15, 0.2) is 0 Å². The maximum absolute atomic E-state index is 12.5. The molecule has 28 heavy (non-hydrogen) atoms. The van der Waals surface area contributed by atoms with Crippen molar-refractivity contribution in [1.29, 1.82) is 0 Å². The van der Waals surface area contributed by atoms with E-state index in [-0.39, 0.29) is 24.2 Å². The molecule has 0 aliphatic carbocycles. The molecule has 1 saturated heterocycles. The summed E-state index contributed by atoms with van der Waals surface area (Å²) in [6.45, 7) is 0.245. The minimum atomic E-state index is -0.395. The first-order valence-corrected chi connectivity index (χ1v) is 9.61. The molecule has 144 valence electrons. The van der Waals surface area contributed by atoms with E-state index >= 15 is 0 Å². The molecule has 1 aliphatic heterocycles. The van der Waals surface area contributed by atoms with Gasteiger partial charge in [-0.1, -0.05) is 29.8 Å². The second-order valence-electron chi connectivity index (χ2n) is 5.84. The molecular weight excluding hydrogens is 400 g/mol. The molecule has 1 fully saturated rings. The maximum Gasteiger partial charge on any atom is 0.293 e. The second-order valence-corrected chi connectivity index (χ2v) is 7.24. The number of hydrogen-bond donors (Lipinski definition) is 1. The lowest BCUT2D eigenvalue weighted by atomic mass is 10.2. The average molecular weight is 417 g/mol. The fourth-order valence-corrected chi connectivity index (χ4v) is 3.60. The molecular formula is C20H17ClN2O4S. The van der Waals surface area contributed by atoms with Crippen LogP contribution in [0.3, 0.4) is 0 Å². The molecule has 6 nitrogen and oxygen atoms in total. The standard InChI is InChI=1S/C20H17ClN2O4S/c1-27-15-8-6-13(7-9-15)18(24)22-10-11-23-19(25)17(28-20(23)26)12-14-4-2-3-5-16(14)21/h2-9,12H,10-11H2,1H3,(H,22,24)/b17-12-. The first-order chi connectivity index (χ1) is 13.5. The van der Waals surface area contributed by atoms with Gasteiger partial charge < -0.3 is 10.1 Å². The van der Waals surface area contributed by atoms with Gasteiger partial charge in [-0.25, -0.2) is 0 Å². The van der Waals surface area contributed by atoms with Gasteiger partial charge in [-0.2, -0.15) is 0 Å². The Kier molecular flexibility index (Phi) is 6.38. The molecule has 2 aromatic rings. The van der Waals surface area contributed by atoms with E-state index in [2.05, 4.69) is 5.32 Å². The minimum Gasteiger partial charge on any atom is -0.497 e. The van der Waals surface area contributed by atoms with E-state index in [1.165, 1.54) is 0 Å². The zero-order valence-corrected chi connectivity index (χ0v) is 16.5. The summed E-state index contributed by atoms with van der Waals surface area (Å²) in [6, 6.07) is 13.7. The summed E-state index contributed by atoms with van der Waals surface area (Å²) in [4.78, 5) is 38.2. The Hall–Kier alpha value is -2.77. The molecule has 1 aliphatic rings. The summed E-state index contributed by atoms with van der Waals surface area (Å²) in [7, 11) is 1.55. The number of benzene rings is 2. The SMILES string of the molecule is COc1ccc(C(=O)NCCN2C(=O)S/C(=C\c3ccccc3Cl)C2=O)cc1. The predicted octanol–water partition coefficient (Wildman–Crippen LogP) is 3.81. The Labute approximate surface area is 171 Å². The number of imide groups is 1. The van der Waals surface area contributed by atoms with Crippen LogP contribution in [0, 0.1) is 0 Å². The van der Waals surface area contributed by atoms with E-state index in [0.717, 1.165) is 16.7 Å². The van der Waals surface area contributed by atoms with Crippen molar-refractivity contribution < 1.29 is 19.1 Å². The number of hydrogen-bond acceptors (Lipinski definition) is 5. The number of carbonyl (C=O) groups excluding carboxylic acids is 3. The van der Waals surface area contributed by atoms with Crippen molar-refractivity contribution in [3.63, 3.8) is 0 Å². The molecule has 1 N–H and O–H groups in total. The first-order valence-electron chi connectivity index (χ1n) is 8.42. The number of nitrogens with one attached hydrogen (secondary N) is 1. The normalized spacial score (nSPS) is 15.2. The van der Waals surface area contributed by atoms with Gasteiger partial charge in [0.2, 0.25) is 0 Å². The molecule has 0 bridgehead atoms. The zero-order valence-electron chi connectivity index (χ0n) is 15.0. The average Bonchev–Trinajstić information content (AvgIpc) is 2.97. The van der Waals surface area contributed by atoms with Gasteiger partial charge in [0.25, 0.3) is 17.1 Å². The van der Waals surface area contributed by atoms with E-state index in [4.69, 9.17) is 16.3 Å². The third kappa shape index (κ3) is 4.55. The fraction of sp³-hybridized carbons (Fsp3) is 0.150. The zero-order chi connectivity index (χ0) is 20.1. The Balaban J connectivity index is 1.58. The molecule has 0 unspecified atom stereocenters. The highest BCUT2D eigenvalue weighted by Crippen LogP contribution is 2.33. The van der Waals surface area contributed by atoms with Gasteiger partial charge in [-0.15, -0.1) is 0 Å². The van der Waals surface area contributed by atoms with Crippen molar-refractivity contribution in [2.45, 2.75) is 0 Å². The van der Waals surface area contributed by atoms with Crippen LogP contribution >= 0.6 is 23.4 Å². The number of carbonyl (C=O) groups is 3. The van der Waals surface area contributed by atoms with Gasteiger partial charge >= 0.3 is 0 Å². The van der Waals surface area contributed by atoms with Crippen molar-refractivity contribution in [3.05, 3.63) is 69.6 Å². The van der Waals surface area contributed by atoms with Gasteiger partial charge in [-0.3, -0.25) is 19.3 Å². The van der Waals surface area contributed by atoms with Crippen LogP contribution in [0.2, 0.25) is 5.02 Å². The lowest BCUT2D eigenvalue weighted by molar-refractivity contribution is -0.122. The summed E-state index contributed by atoms with van der Waals surface area (Å²) in [5.74, 6) is -0.0329. The van der Waals surface area contributed by atoms with E-state index < -0.39 is 5.91 Å². The molecule has 2 aromatic carbocycles. The van der Waals surface area contributed by atoms with Crippen LogP contribution in [0.25, 0.3) is 6.08 Å².